The van der Waals surface area contributed by atoms with Crippen LogP contribution in [0.15, 0.2) is 36.4 Å². The molecule has 0 bridgehead atoms. The average Bonchev–Trinajstić information content (AvgIpc) is 2.53. The van der Waals surface area contributed by atoms with Crippen molar-refractivity contribution in [3.8, 4) is 5.75 Å². The third kappa shape index (κ3) is 3.97. The van der Waals surface area contributed by atoms with Crippen LogP contribution in [0, 0.1) is 0 Å². The highest BCUT2D eigenvalue weighted by molar-refractivity contribution is 6.02. The third-order valence-electron chi connectivity index (χ3n) is 2.97. The molecule has 0 aliphatic heterocycles. The lowest BCUT2D eigenvalue weighted by Gasteiger charge is -2.08. The van der Waals surface area contributed by atoms with Crippen molar-refractivity contribution in [3.05, 3.63) is 42.0 Å². The molecule has 0 radical (unpaired) electrons. The van der Waals surface area contributed by atoms with Crippen LogP contribution in [-0.2, 0) is 14.3 Å². The third-order valence-corrected chi connectivity index (χ3v) is 2.97. The molecular formula is C16H15NO6. The highest BCUT2D eigenvalue weighted by Gasteiger charge is 2.17. The minimum atomic E-state index is -0.915. The fraction of sp³-hybridized carbons (Fsp3) is 0.188. The summed E-state index contributed by atoms with van der Waals surface area (Å²) in [6.07, 6.45) is -0.915. The number of hydrogen-bond donors (Lipinski definition) is 2. The maximum absolute atomic E-state index is 11.9. The predicted octanol–water partition coefficient (Wildman–Crippen LogP) is 1.97. The zero-order valence-corrected chi connectivity index (χ0v) is 12.4. The molecule has 23 heavy (non-hydrogen) atoms. The Bertz CT molecular complexity index is 755. The molecule has 0 aliphatic carbocycles. The van der Waals surface area contributed by atoms with Gasteiger partial charge in [-0.1, -0.05) is 30.3 Å². The normalized spacial score (nSPS) is 10.1. The quantitative estimate of drug-likeness (QED) is 0.836. The SMILES string of the molecule is CCOC(=O)NC(=O)COC(=O)c1ccc2ccccc2c1O. The minimum absolute atomic E-state index is 0.0624. The molecule has 120 valence electrons. The number of imide groups is 1. The summed E-state index contributed by atoms with van der Waals surface area (Å²) in [6.45, 7) is 1.04. The van der Waals surface area contributed by atoms with Gasteiger partial charge in [0.1, 0.15) is 11.3 Å². The van der Waals surface area contributed by atoms with E-state index in [1.807, 2.05) is 5.32 Å². The van der Waals surface area contributed by atoms with E-state index < -0.39 is 24.6 Å². The van der Waals surface area contributed by atoms with E-state index in [1.54, 1.807) is 37.3 Å². The fourth-order valence-electron chi connectivity index (χ4n) is 1.95. The molecule has 2 aromatic carbocycles. The van der Waals surface area contributed by atoms with Crippen LogP contribution in [-0.4, -0.2) is 36.3 Å². The molecule has 0 atom stereocenters. The Kier molecular flexibility index (Phi) is 5.14. The molecule has 2 rings (SSSR count). The number of alkyl carbamates (subject to hydrolysis) is 1. The second-order valence-corrected chi connectivity index (χ2v) is 4.53. The summed E-state index contributed by atoms with van der Waals surface area (Å²) in [6, 6.07) is 10.0. The molecule has 2 aromatic rings. The smallest absolute Gasteiger partial charge is 0.413 e. The number of esters is 1. The summed E-state index contributed by atoms with van der Waals surface area (Å²) >= 11 is 0. The van der Waals surface area contributed by atoms with E-state index in [9.17, 15) is 19.5 Å². The first kappa shape index (κ1) is 16.3. The van der Waals surface area contributed by atoms with E-state index in [-0.39, 0.29) is 17.9 Å². The van der Waals surface area contributed by atoms with Crippen LogP contribution < -0.4 is 5.32 Å². The summed E-state index contributed by atoms with van der Waals surface area (Å²) in [5.41, 5.74) is -0.0624. The zero-order valence-electron chi connectivity index (χ0n) is 12.4. The van der Waals surface area contributed by atoms with Crippen LogP contribution in [0.25, 0.3) is 10.8 Å². The average molecular weight is 317 g/mol. The Labute approximate surface area is 131 Å². The topological polar surface area (TPSA) is 102 Å². The summed E-state index contributed by atoms with van der Waals surface area (Å²) in [5.74, 6) is -1.91. The number of phenols is 1. The number of ether oxygens (including phenoxy) is 2. The van der Waals surface area contributed by atoms with Crippen LogP contribution in [0.4, 0.5) is 4.79 Å². The molecular weight excluding hydrogens is 302 g/mol. The summed E-state index contributed by atoms with van der Waals surface area (Å²) in [4.78, 5) is 34.4. The van der Waals surface area contributed by atoms with Gasteiger partial charge in [-0.05, 0) is 18.4 Å². The van der Waals surface area contributed by atoms with Gasteiger partial charge in [-0.3, -0.25) is 10.1 Å². The van der Waals surface area contributed by atoms with E-state index in [2.05, 4.69) is 4.74 Å². The van der Waals surface area contributed by atoms with Crippen molar-refractivity contribution in [2.75, 3.05) is 13.2 Å². The molecule has 0 saturated carbocycles. The second kappa shape index (κ2) is 7.26. The van der Waals surface area contributed by atoms with Gasteiger partial charge < -0.3 is 14.6 Å². The molecule has 0 aliphatic rings. The van der Waals surface area contributed by atoms with E-state index in [1.165, 1.54) is 6.07 Å². The molecule has 0 unspecified atom stereocenters. The molecule has 0 heterocycles. The second-order valence-electron chi connectivity index (χ2n) is 4.53. The summed E-state index contributed by atoms with van der Waals surface area (Å²) < 4.78 is 9.30. The Morgan fingerprint density at radius 1 is 1.09 bits per heavy atom. The number of aromatic hydroxyl groups is 1. The van der Waals surface area contributed by atoms with Gasteiger partial charge in [0.2, 0.25) is 0 Å². The standard InChI is InChI=1S/C16H15NO6/c1-2-22-16(21)17-13(18)9-23-15(20)12-8-7-10-5-3-4-6-11(10)14(12)19/h3-8,19H,2,9H2,1H3,(H,17,18,21). The van der Waals surface area contributed by atoms with Crippen LogP contribution in [0.2, 0.25) is 0 Å². The number of carbonyl (C=O) groups excluding carboxylic acids is 3. The number of amides is 2. The van der Waals surface area contributed by atoms with Crippen molar-refractivity contribution in [1.29, 1.82) is 0 Å². The lowest BCUT2D eigenvalue weighted by molar-refractivity contribution is -0.123. The number of nitrogens with one attached hydrogen (secondary N) is 1. The lowest BCUT2D eigenvalue weighted by atomic mass is 10.1. The minimum Gasteiger partial charge on any atom is -0.506 e. The van der Waals surface area contributed by atoms with Gasteiger partial charge in [0, 0.05) is 5.39 Å². The van der Waals surface area contributed by atoms with Crippen molar-refractivity contribution < 1.29 is 29.0 Å². The molecule has 2 N–H and O–H groups in total. The van der Waals surface area contributed by atoms with Crippen molar-refractivity contribution >= 4 is 28.7 Å². The molecule has 7 nitrogen and oxygen atoms in total. The van der Waals surface area contributed by atoms with E-state index in [4.69, 9.17) is 4.74 Å². The van der Waals surface area contributed by atoms with Crippen molar-refractivity contribution in [3.63, 3.8) is 0 Å². The first-order valence-corrected chi connectivity index (χ1v) is 6.87. The van der Waals surface area contributed by atoms with Crippen molar-refractivity contribution in [2.24, 2.45) is 0 Å². The Hall–Kier alpha value is -3.09. The molecule has 7 heteroatoms. The number of benzene rings is 2. The highest BCUT2D eigenvalue weighted by atomic mass is 16.6. The first-order valence-electron chi connectivity index (χ1n) is 6.87. The molecule has 0 saturated heterocycles. The van der Waals surface area contributed by atoms with Gasteiger partial charge in [-0.2, -0.15) is 0 Å². The molecule has 0 aromatic heterocycles. The maximum Gasteiger partial charge on any atom is 0.413 e. The van der Waals surface area contributed by atoms with Gasteiger partial charge >= 0.3 is 12.1 Å². The molecule has 0 fully saturated rings. The maximum atomic E-state index is 11.9. The van der Waals surface area contributed by atoms with Crippen molar-refractivity contribution in [1.82, 2.24) is 5.32 Å². The largest absolute Gasteiger partial charge is 0.506 e. The van der Waals surface area contributed by atoms with Crippen LogP contribution in [0.3, 0.4) is 0 Å². The highest BCUT2D eigenvalue weighted by Crippen LogP contribution is 2.28. The van der Waals surface area contributed by atoms with Crippen LogP contribution >= 0.6 is 0 Å². The van der Waals surface area contributed by atoms with E-state index in [0.29, 0.717) is 5.39 Å². The van der Waals surface area contributed by atoms with Gasteiger partial charge in [0.25, 0.3) is 5.91 Å². The van der Waals surface area contributed by atoms with Gasteiger partial charge in [0.15, 0.2) is 6.61 Å². The lowest BCUT2D eigenvalue weighted by Crippen LogP contribution is -2.34. The molecule has 0 spiro atoms. The van der Waals surface area contributed by atoms with Gasteiger partial charge in [-0.15, -0.1) is 0 Å². The summed E-state index contributed by atoms with van der Waals surface area (Å²) in [5, 5.41) is 13.3. The monoisotopic (exact) mass is 317 g/mol. The zero-order chi connectivity index (χ0) is 16.8. The van der Waals surface area contributed by atoms with E-state index >= 15 is 0 Å². The Morgan fingerprint density at radius 2 is 1.83 bits per heavy atom. The number of carbonyl (C=O) groups is 3. The van der Waals surface area contributed by atoms with E-state index in [0.717, 1.165) is 5.39 Å². The summed E-state index contributed by atoms with van der Waals surface area (Å²) in [7, 11) is 0. The first-order chi connectivity index (χ1) is 11.0. The van der Waals surface area contributed by atoms with Gasteiger partial charge in [-0.25, -0.2) is 9.59 Å². The Balaban J connectivity index is 2.02. The number of phenolic OH excluding ortho intramolecular Hbond substituents is 1. The van der Waals surface area contributed by atoms with Crippen LogP contribution in [0.5, 0.6) is 5.75 Å². The predicted molar refractivity (Wildman–Crippen MR) is 81.1 cm³/mol. The number of hydrogen-bond acceptors (Lipinski definition) is 6. The molecule has 2 amide bonds. The number of rotatable bonds is 4. The van der Waals surface area contributed by atoms with Crippen molar-refractivity contribution in [2.45, 2.75) is 6.92 Å². The Morgan fingerprint density at radius 3 is 2.57 bits per heavy atom. The number of fused-ring (bicyclic) bond motifs is 1. The van der Waals surface area contributed by atoms with Gasteiger partial charge in [0.05, 0.1) is 6.61 Å². The van der Waals surface area contributed by atoms with Crippen LogP contribution in [0.1, 0.15) is 17.3 Å². The fourth-order valence-corrected chi connectivity index (χ4v) is 1.95.